The molecule has 0 spiro atoms. The number of benzene rings is 1. The second kappa shape index (κ2) is 6.53. The van der Waals surface area contributed by atoms with Crippen LogP contribution in [0.2, 0.25) is 5.02 Å². The fraction of sp³-hybridized carbons (Fsp3) is 0.632. The molecule has 3 fully saturated rings. The molecular formula is C19H24ClFN2O2. The summed E-state index contributed by atoms with van der Waals surface area (Å²) in [6.07, 6.45) is 3.89. The van der Waals surface area contributed by atoms with E-state index in [1.54, 1.807) is 6.07 Å². The maximum absolute atomic E-state index is 13.5. The SMILES string of the molecule is O=C(O)[C@]12CN(Cc3cc(F)cc(Cl)c3)C[C@H]1CN(CC1CCC1)C2. The van der Waals surface area contributed by atoms with Crippen LogP contribution in [0.25, 0.3) is 0 Å². The predicted octanol–water partition coefficient (Wildman–Crippen LogP) is 3.10. The van der Waals surface area contributed by atoms with Crippen LogP contribution in [0.1, 0.15) is 24.8 Å². The Morgan fingerprint density at radius 1 is 1.24 bits per heavy atom. The first-order valence-corrected chi connectivity index (χ1v) is 9.45. The molecule has 1 aromatic carbocycles. The number of likely N-dealkylation sites (tertiary alicyclic amines) is 2. The van der Waals surface area contributed by atoms with E-state index in [-0.39, 0.29) is 11.7 Å². The zero-order valence-electron chi connectivity index (χ0n) is 14.3. The van der Waals surface area contributed by atoms with Gasteiger partial charge in [0.15, 0.2) is 0 Å². The Hall–Kier alpha value is -1.17. The van der Waals surface area contributed by atoms with Crippen LogP contribution in [-0.2, 0) is 11.3 Å². The van der Waals surface area contributed by atoms with Gasteiger partial charge >= 0.3 is 5.97 Å². The molecule has 0 aromatic heterocycles. The van der Waals surface area contributed by atoms with Gasteiger partial charge < -0.3 is 10.0 Å². The van der Waals surface area contributed by atoms with Crippen LogP contribution < -0.4 is 0 Å². The molecule has 2 atom stereocenters. The van der Waals surface area contributed by atoms with Crippen molar-refractivity contribution >= 4 is 17.6 Å². The van der Waals surface area contributed by atoms with Gasteiger partial charge in [0.05, 0.1) is 5.41 Å². The second-order valence-corrected chi connectivity index (χ2v) is 8.53. The summed E-state index contributed by atoms with van der Waals surface area (Å²) in [5, 5.41) is 10.3. The number of nitrogens with zero attached hydrogens (tertiary/aromatic N) is 2. The molecule has 2 saturated heterocycles. The number of hydrogen-bond donors (Lipinski definition) is 1. The van der Waals surface area contributed by atoms with Crippen LogP contribution in [0.5, 0.6) is 0 Å². The monoisotopic (exact) mass is 366 g/mol. The van der Waals surface area contributed by atoms with Crippen LogP contribution >= 0.6 is 11.6 Å². The quantitative estimate of drug-likeness (QED) is 0.869. The van der Waals surface area contributed by atoms with E-state index in [1.807, 2.05) is 0 Å². The fourth-order valence-corrected chi connectivity index (χ4v) is 5.08. The molecule has 2 heterocycles. The highest BCUT2D eigenvalue weighted by molar-refractivity contribution is 6.30. The van der Waals surface area contributed by atoms with E-state index in [0.717, 1.165) is 31.1 Å². The van der Waals surface area contributed by atoms with Crippen LogP contribution in [0.4, 0.5) is 4.39 Å². The van der Waals surface area contributed by atoms with Gasteiger partial charge in [-0.15, -0.1) is 0 Å². The Bertz CT molecular complexity index is 661. The summed E-state index contributed by atoms with van der Waals surface area (Å²) in [6.45, 7) is 4.38. The highest BCUT2D eigenvalue weighted by Gasteiger charge is 2.57. The molecular weight excluding hydrogens is 343 g/mol. The molecule has 4 rings (SSSR count). The van der Waals surface area contributed by atoms with Gasteiger partial charge in [-0.2, -0.15) is 0 Å². The Balaban J connectivity index is 1.44. The number of carboxylic acid groups (broad SMARTS) is 1. The zero-order valence-corrected chi connectivity index (χ0v) is 15.0. The summed E-state index contributed by atoms with van der Waals surface area (Å²) in [6, 6.07) is 4.53. The number of carboxylic acids is 1. The minimum Gasteiger partial charge on any atom is -0.481 e. The summed E-state index contributed by atoms with van der Waals surface area (Å²) in [5.41, 5.74) is 0.123. The van der Waals surface area contributed by atoms with Crippen molar-refractivity contribution in [2.45, 2.75) is 25.8 Å². The number of hydrogen-bond acceptors (Lipinski definition) is 3. The van der Waals surface area contributed by atoms with Crippen molar-refractivity contribution in [1.82, 2.24) is 9.80 Å². The van der Waals surface area contributed by atoms with Crippen molar-refractivity contribution in [1.29, 1.82) is 0 Å². The van der Waals surface area contributed by atoms with Gasteiger partial charge in [0.2, 0.25) is 0 Å². The predicted molar refractivity (Wildman–Crippen MR) is 94.0 cm³/mol. The molecule has 1 aromatic rings. The van der Waals surface area contributed by atoms with E-state index in [1.165, 1.54) is 31.4 Å². The van der Waals surface area contributed by atoms with Crippen molar-refractivity contribution in [3.63, 3.8) is 0 Å². The Labute approximate surface area is 152 Å². The normalized spacial score (nSPS) is 30.4. The molecule has 1 aliphatic carbocycles. The van der Waals surface area contributed by atoms with Crippen molar-refractivity contribution in [2.24, 2.45) is 17.3 Å². The average Bonchev–Trinajstić information content (AvgIpc) is 2.96. The third-order valence-corrected chi connectivity index (χ3v) is 6.46. The molecule has 1 saturated carbocycles. The van der Waals surface area contributed by atoms with Gasteiger partial charge in [-0.3, -0.25) is 9.69 Å². The van der Waals surface area contributed by atoms with Crippen LogP contribution in [-0.4, -0.2) is 53.6 Å². The number of rotatable bonds is 5. The number of carbonyl (C=O) groups is 1. The highest BCUT2D eigenvalue weighted by atomic mass is 35.5. The lowest BCUT2D eigenvalue weighted by Crippen LogP contribution is -2.41. The largest absolute Gasteiger partial charge is 0.481 e. The summed E-state index contributed by atoms with van der Waals surface area (Å²) in [4.78, 5) is 16.6. The molecule has 6 heteroatoms. The maximum Gasteiger partial charge on any atom is 0.312 e. The summed E-state index contributed by atoms with van der Waals surface area (Å²) < 4.78 is 13.5. The molecule has 0 bridgehead atoms. The van der Waals surface area contributed by atoms with Crippen LogP contribution in [0, 0.1) is 23.1 Å². The van der Waals surface area contributed by atoms with Crippen molar-refractivity contribution in [3.05, 3.63) is 34.6 Å². The van der Waals surface area contributed by atoms with Crippen LogP contribution in [0.15, 0.2) is 18.2 Å². The molecule has 25 heavy (non-hydrogen) atoms. The third kappa shape index (κ3) is 3.29. The molecule has 136 valence electrons. The van der Waals surface area contributed by atoms with E-state index in [4.69, 9.17) is 11.6 Å². The lowest BCUT2D eigenvalue weighted by Gasteiger charge is -2.31. The number of halogens is 2. The van der Waals surface area contributed by atoms with E-state index < -0.39 is 11.4 Å². The maximum atomic E-state index is 13.5. The smallest absolute Gasteiger partial charge is 0.312 e. The fourth-order valence-electron chi connectivity index (χ4n) is 4.84. The first kappa shape index (κ1) is 17.3. The van der Waals surface area contributed by atoms with Gasteiger partial charge in [-0.25, -0.2) is 4.39 Å². The summed E-state index contributed by atoms with van der Waals surface area (Å²) in [5.74, 6) is -0.126. The number of fused-ring (bicyclic) bond motifs is 1. The Kier molecular flexibility index (Phi) is 4.50. The van der Waals surface area contributed by atoms with Gasteiger partial charge in [0, 0.05) is 50.2 Å². The molecule has 0 amide bonds. The first-order chi connectivity index (χ1) is 11.9. The number of aliphatic carboxylic acids is 1. The summed E-state index contributed by atoms with van der Waals surface area (Å²) in [7, 11) is 0. The van der Waals surface area contributed by atoms with Crippen molar-refractivity contribution in [3.8, 4) is 0 Å². The van der Waals surface area contributed by atoms with Gasteiger partial charge in [-0.1, -0.05) is 18.0 Å². The molecule has 3 aliphatic rings. The van der Waals surface area contributed by atoms with Gasteiger partial charge in [0.25, 0.3) is 0 Å². The second-order valence-electron chi connectivity index (χ2n) is 8.10. The lowest BCUT2D eigenvalue weighted by atomic mass is 9.81. The van der Waals surface area contributed by atoms with Gasteiger partial charge in [0.1, 0.15) is 5.82 Å². The topological polar surface area (TPSA) is 43.8 Å². The van der Waals surface area contributed by atoms with Gasteiger partial charge in [-0.05, 0) is 42.5 Å². The minimum atomic E-state index is -0.687. The lowest BCUT2D eigenvalue weighted by molar-refractivity contribution is -0.149. The molecule has 2 aliphatic heterocycles. The molecule has 1 N–H and O–H groups in total. The zero-order chi connectivity index (χ0) is 17.6. The van der Waals surface area contributed by atoms with Crippen molar-refractivity contribution in [2.75, 3.05) is 32.7 Å². The Morgan fingerprint density at radius 2 is 1.96 bits per heavy atom. The van der Waals surface area contributed by atoms with Crippen LogP contribution in [0.3, 0.4) is 0 Å². The van der Waals surface area contributed by atoms with E-state index in [9.17, 15) is 14.3 Å². The summed E-state index contributed by atoms with van der Waals surface area (Å²) >= 11 is 5.94. The minimum absolute atomic E-state index is 0.147. The molecule has 0 unspecified atom stereocenters. The van der Waals surface area contributed by atoms with Crippen molar-refractivity contribution < 1.29 is 14.3 Å². The van der Waals surface area contributed by atoms with E-state index in [0.29, 0.717) is 24.7 Å². The average molecular weight is 367 g/mol. The highest BCUT2D eigenvalue weighted by Crippen LogP contribution is 2.44. The first-order valence-electron chi connectivity index (χ1n) is 9.08. The third-order valence-electron chi connectivity index (χ3n) is 6.25. The standard InChI is InChI=1S/C19H24ClFN2O2/c20-16-4-14(5-17(21)6-16)8-23-10-15-9-22(7-13-2-1-3-13)11-19(15,12-23)18(24)25/h4-6,13,15H,1-3,7-12H2,(H,24,25)/t15-,19-/m1/s1. The molecule has 4 nitrogen and oxygen atoms in total. The Morgan fingerprint density at radius 3 is 2.56 bits per heavy atom. The van der Waals surface area contributed by atoms with E-state index >= 15 is 0 Å². The van der Waals surface area contributed by atoms with E-state index in [2.05, 4.69) is 9.80 Å². The molecule has 0 radical (unpaired) electrons.